The Morgan fingerprint density at radius 2 is 2.24 bits per heavy atom. The summed E-state index contributed by atoms with van der Waals surface area (Å²) < 4.78 is 5.24. The molecule has 2 rings (SSSR count). The van der Waals surface area contributed by atoms with Gasteiger partial charge in [-0.2, -0.15) is 0 Å². The number of hydrogen-bond acceptors (Lipinski definition) is 3. The van der Waals surface area contributed by atoms with E-state index in [-0.39, 0.29) is 24.5 Å². The average Bonchev–Trinajstić information content (AvgIpc) is 2.27. The van der Waals surface area contributed by atoms with Crippen LogP contribution in [0.4, 0.5) is 5.69 Å². The minimum absolute atomic E-state index is 0.0117. The summed E-state index contributed by atoms with van der Waals surface area (Å²) in [6, 6.07) is 5.04. The minimum atomic E-state index is -0.183. The van der Waals surface area contributed by atoms with Gasteiger partial charge in [0.1, 0.15) is 5.75 Å². The molecule has 0 saturated carbocycles. The van der Waals surface area contributed by atoms with Crippen molar-refractivity contribution >= 4 is 17.5 Å². The number of anilines is 1. The number of carbonyl (C=O) groups excluding carboxylic acids is 2. The largest absolute Gasteiger partial charge is 0.482 e. The number of carbonyl (C=O) groups is 2. The highest BCUT2D eigenvalue weighted by atomic mass is 16.5. The predicted molar refractivity (Wildman–Crippen MR) is 63.2 cm³/mol. The SMILES string of the molecule is CC(C)NC(=O)c1ccc2c(c1)OCC(=O)N2. The number of rotatable bonds is 2. The first-order valence-electron chi connectivity index (χ1n) is 5.44. The van der Waals surface area contributed by atoms with Crippen LogP contribution in [0.5, 0.6) is 5.75 Å². The molecule has 0 atom stereocenters. The first kappa shape index (κ1) is 11.4. The Bertz CT molecular complexity index is 469. The molecule has 0 aliphatic carbocycles. The normalized spacial score (nSPS) is 13.7. The van der Waals surface area contributed by atoms with E-state index in [2.05, 4.69) is 10.6 Å². The second-order valence-electron chi connectivity index (χ2n) is 4.18. The van der Waals surface area contributed by atoms with Gasteiger partial charge in [-0.25, -0.2) is 0 Å². The van der Waals surface area contributed by atoms with E-state index in [9.17, 15) is 9.59 Å². The van der Waals surface area contributed by atoms with E-state index in [0.29, 0.717) is 17.0 Å². The molecule has 17 heavy (non-hydrogen) atoms. The molecule has 0 saturated heterocycles. The molecule has 0 bridgehead atoms. The van der Waals surface area contributed by atoms with E-state index in [1.165, 1.54) is 0 Å². The molecule has 90 valence electrons. The second-order valence-corrected chi connectivity index (χ2v) is 4.18. The van der Waals surface area contributed by atoms with Gasteiger partial charge in [-0.15, -0.1) is 0 Å². The van der Waals surface area contributed by atoms with Crippen molar-refractivity contribution < 1.29 is 14.3 Å². The predicted octanol–water partition coefficient (Wildman–Crippen LogP) is 1.16. The van der Waals surface area contributed by atoms with Crippen molar-refractivity contribution in [3.63, 3.8) is 0 Å². The van der Waals surface area contributed by atoms with Crippen molar-refractivity contribution in [1.29, 1.82) is 0 Å². The van der Waals surface area contributed by atoms with Crippen LogP contribution in [0.25, 0.3) is 0 Å². The van der Waals surface area contributed by atoms with Crippen molar-refractivity contribution in [2.24, 2.45) is 0 Å². The van der Waals surface area contributed by atoms with Crippen LogP contribution in [0.1, 0.15) is 24.2 Å². The zero-order valence-electron chi connectivity index (χ0n) is 9.74. The molecule has 5 nitrogen and oxygen atoms in total. The molecule has 5 heteroatoms. The standard InChI is InChI=1S/C12H14N2O3/c1-7(2)13-12(16)8-3-4-9-10(5-8)17-6-11(15)14-9/h3-5,7H,6H2,1-2H3,(H,13,16)(H,14,15). The number of ether oxygens (including phenoxy) is 1. The van der Waals surface area contributed by atoms with Crippen molar-refractivity contribution in [3.05, 3.63) is 23.8 Å². The third kappa shape index (κ3) is 2.55. The molecule has 0 aromatic heterocycles. The van der Waals surface area contributed by atoms with Gasteiger partial charge in [0.2, 0.25) is 0 Å². The van der Waals surface area contributed by atoms with Gasteiger partial charge in [-0.3, -0.25) is 9.59 Å². The summed E-state index contributed by atoms with van der Waals surface area (Å²) in [5.41, 5.74) is 1.12. The van der Waals surface area contributed by atoms with Gasteiger partial charge in [0, 0.05) is 11.6 Å². The molecule has 1 aromatic rings. The highest BCUT2D eigenvalue weighted by Crippen LogP contribution is 2.28. The summed E-state index contributed by atoms with van der Waals surface area (Å²) in [6.07, 6.45) is 0. The summed E-state index contributed by atoms with van der Waals surface area (Å²) in [7, 11) is 0. The number of benzene rings is 1. The Morgan fingerprint density at radius 3 is 2.94 bits per heavy atom. The van der Waals surface area contributed by atoms with Crippen molar-refractivity contribution in [1.82, 2.24) is 5.32 Å². The summed E-state index contributed by atoms with van der Waals surface area (Å²) in [4.78, 5) is 22.8. The summed E-state index contributed by atoms with van der Waals surface area (Å²) in [6.45, 7) is 3.78. The van der Waals surface area contributed by atoms with Crippen LogP contribution in [0.15, 0.2) is 18.2 Å². The Kier molecular flexibility index (Phi) is 2.99. The lowest BCUT2D eigenvalue weighted by atomic mass is 10.1. The first-order valence-corrected chi connectivity index (χ1v) is 5.44. The molecule has 1 aliphatic rings. The maximum absolute atomic E-state index is 11.8. The maximum Gasteiger partial charge on any atom is 0.262 e. The Morgan fingerprint density at radius 1 is 1.47 bits per heavy atom. The van der Waals surface area contributed by atoms with E-state index >= 15 is 0 Å². The summed E-state index contributed by atoms with van der Waals surface area (Å²) in [5, 5.41) is 5.46. The molecule has 2 amide bonds. The lowest BCUT2D eigenvalue weighted by molar-refractivity contribution is -0.118. The lowest BCUT2D eigenvalue weighted by Gasteiger charge is -2.18. The average molecular weight is 234 g/mol. The zero-order valence-corrected chi connectivity index (χ0v) is 9.74. The number of hydrogen-bond donors (Lipinski definition) is 2. The van der Waals surface area contributed by atoms with Crippen LogP contribution in [0.3, 0.4) is 0 Å². The van der Waals surface area contributed by atoms with Crippen LogP contribution in [-0.4, -0.2) is 24.5 Å². The second kappa shape index (κ2) is 4.45. The van der Waals surface area contributed by atoms with Gasteiger partial charge in [0.05, 0.1) is 5.69 Å². The Balaban J connectivity index is 2.22. The van der Waals surface area contributed by atoms with Gasteiger partial charge in [-0.05, 0) is 32.0 Å². The van der Waals surface area contributed by atoms with Crippen LogP contribution in [0, 0.1) is 0 Å². The van der Waals surface area contributed by atoms with E-state index in [1.807, 2.05) is 13.8 Å². The molecule has 2 N–H and O–H groups in total. The highest BCUT2D eigenvalue weighted by molar-refractivity contribution is 5.99. The van der Waals surface area contributed by atoms with Crippen LogP contribution >= 0.6 is 0 Å². The minimum Gasteiger partial charge on any atom is -0.482 e. The molecule has 1 aromatic carbocycles. The molecule has 0 fully saturated rings. The van der Waals surface area contributed by atoms with Crippen molar-refractivity contribution in [2.45, 2.75) is 19.9 Å². The highest BCUT2D eigenvalue weighted by Gasteiger charge is 2.17. The molecular weight excluding hydrogens is 220 g/mol. The number of amides is 2. The molecule has 0 unspecified atom stereocenters. The van der Waals surface area contributed by atoms with E-state index < -0.39 is 0 Å². The summed E-state index contributed by atoms with van der Waals surface area (Å²) >= 11 is 0. The fourth-order valence-electron chi connectivity index (χ4n) is 1.56. The molecule has 0 spiro atoms. The van der Waals surface area contributed by atoms with Crippen LogP contribution in [-0.2, 0) is 4.79 Å². The maximum atomic E-state index is 11.8. The van der Waals surface area contributed by atoms with Gasteiger partial charge in [-0.1, -0.05) is 0 Å². The monoisotopic (exact) mass is 234 g/mol. The molecule has 1 aliphatic heterocycles. The fourth-order valence-corrected chi connectivity index (χ4v) is 1.56. The smallest absolute Gasteiger partial charge is 0.262 e. The topological polar surface area (TPSA) is 67.4 Å². The number of fused-ring (bicyclic) bond motifs is 1. The van der Waals surface area contributed by atoms with Crippen molar-refractivity contribution in [2.75, 3.05) is 11.9 Å². The van der Waals surface area contributed by atoms with E-state index in [4.69, 9.17) is 4.74 Å². The molecular formula is C12H14N2O3. The quantitative estimate of drug-likeness (QED) is 0.806. The van der Waals surface area contributed by atoms with Crippen molar-refractivity contribution in [3.8, 4) is 5.75 Å². The van der Waals surface area contributed by atoms with Gasteiger partial charge in [0.25, 0.3) is 11.8 Å². The van der Waals surface area contributed by atoms with E-state index in [0.717, 1.165) is 0 Å². The fraction of sp³-hybridized carbons (Fsp3) is 0.333. The summed E-state index contributed by atoms with van der Waals surface area (Å²) in [5.74, 6) is 0.196. The Hall–Kier alpha value is -2.04. The third-order valence-corrected chi connectivity index (χ3v) is 2.30. The lowest BCUT2D eigenvalue weighted by Crippen LogP contribution is -2.30. The van der Waals surface area contributed by atoms with Gasteiger partial charge < -0.3 is 15.4 Å². The van der Waals surface area contributed by atoms with Gasteiger partial charge in [0.15, 0.2) is 6.61 Å². The molecule has 1 heterocycles. The molecule has 0 radical (unpaired) electrons. The van der Waals surface area contributed by atoms with Gasteiger partial charge >= 0.3 is 0 Å². The third-order valence-electron chi connectivity index (χ3n) is 2.30. The Labute approximate surface area is 99.2 Å². The number of nitrogens with one attached hydrogen (secondary N) is 2. The van der Waals surface area contributed by atoms with E-state index in [1.54, 1.807) is 18.2 Å². The van der Waals surface area contributed by atoms with Crippen LogP contribution in [0.2, 0.25) is 0 Å². The van der Waals surface area contributed by atoms with Crippen LogP contribution < -0.4 is 15.4 Å². The first-order chi connectivity index (χ1) is 8.06. The zero-order chi connectivity index (χ0) is 12.4.